The summed E-state index contributed by atoms with van der Waals surface area (Å²) in [7, 11) is -4.12. The predicted molar refractivity (Wildman–Crippen MR) is 108 cm³/mol. The number of sulfonamides is 1. The maximum atomic E-state index is 14.0. The van der Waals surface area contributed by atoms with Gasteiger partial charge < -0.3 is 4.90 Å². The summed E-state index contributed by atoms with van der Waals surface area (Å²) in [6, 6.07) is 8.03. The third-order valence-electron chi connectivity index (χ3n) is 5.19. The van der Waals surface area contributed by atoms with Crippen molar-refractivity contribution >= 4 is 15.7 Å². The number of aromatic nitrogens is 3. The molecule has 30 heavy (non-hydrogen) atoms. The molecule has 0 unspecified atom stereocenters. The van der Waals surface area contributed by atoms with Gasteiger partial charge >= 0.3 is 0 Å². The summed E-state index contributed by atoms with van der Waals surface area (Å²) in [5, 5.41) is 4.58. The van der Waals surface area contributed by atoms with Crippen molar-refractivity contribution in [2.45, 2.75) is 18.7 Å². The Morgan fingerprint density at radius 3 is 2.40 bits per heavy atom. The SMILES string of the molecule is Cc1nn(-c2ccccn2)c(C)c1N1CCN(S(=O)(=O)c2cc(F)ccc2F)CC1. The van der Waals surface area contributed by atoms with E-state index in [4.69, 9.17) is 0 Å². The number of benzene rings is 1. The number of nitrogens with zero attached hydrogens (tertiary/aromatic N) is 5. The van der Waals surface area contributed by atoms with Crippen LogP contribution in [0.5, 0.6) is 0 Å². The van der Waals surface area contributed by atoms with Crippen molar-refractivity contribution in [2.24, 2.45) is 0 Å². The lowest BCUT2D eigenvalue weighted by atomic mass is 10.2. The molecule has 3 aromatic rings. The summed E-state index contributed by atoms with van der Waals surface area (Å²) in [6.45, 7) is 4.97. The largest absolute Gasteiger partial charge is 0.366 e. The third kappa shape index (κ3) is 3.56. The van der Waals surface area contributed by atoms with E-state index in [1.807, 2.05) is 32.0 Å². The molecule has 4 rings (SSSR count). The molecule has 7 nitrogen and oxygen atoms in total. The molecule has 10 heteroatoms. The monoisotopic (exact) mass is 433 g/mol. The lowest BCUT2D eigenvalue weighted by molar-refractivity contribution is 0.381. The minimum absolute atomic E-state index is 0.159. The van der Waals surface area contributed by atoms with Gasteiger partial charge in [0.05, 0.1) is 17.1 Å². The fourth-order valence-electron chi connectivity index (χ4n) is 3.76. The van der Waals surface area contributed by atoms with Crippen LogP contribution in [-0.2, 0) is 10.0 Å². The molecule has 2 aromatic heterocycles. The van der Waals surface area contributed by atoms with Gasteiger partial charge in [0.2, 0.25) is 10.0 Å². The molecule has 0 atom stereocenters. The number of aryl methyl sites for hydroxylation is 1. The van der Waals surface area contributed by atoms with Crippen molar-refractivity contribution in [1.29, 1.82) is 0 Å². The van der Waals surface area contributed by atoms with Gasteiger partial charge in [0.15, 0.2) is 5.82 Å². The molecule has 0 N–H and O–H groups in total. The molecule has 0 radical (unpaired) electrons. The molecule has 0 spiro atoms. The molecule has 1 saturated heterocycles. The molecular weight excluding hydrogens is 412 g/mol. The van der Waals surface area contributed by atoms with Gasteiger partial charge in [-0.3, -0.25) is 0 Å². The van der Waals surface area contributed by atoms with Crippen LogP contribution in [-0.4, -0.2) is 53.7 Å². The first-order valence-electron chi connectivity index (χ1n) is 9.47. The fourth-order valence-corrected chi connectivity index (χ4v) is 5.26. The highest BCUT2D eigenvalue weighted by Crippen LogP contribution is 2.29. The van der Waals surface area contributed by atoms with E-state index in [1.54, 1.807) is 10.9 Å². The number of rotatable bonds is 4. The second-order valence-electron chi connectivity index (χ2n) is 7.09. The summed E-state index contributed by atoms with van der Waals surface area (Å²) in [6.07, 6.45) is 1.70. The zero-order valence-corrected chi connectivity index (χ0v) is 17.4. The van der Waals surface area contributed by atoms with Gasteiger partial charge in [-0.1, -0.05) is 6.07 Å². The highest BCUT2D eigenvalue weighted by Gasteiger charge is 2.32. The second kappa shape index (κ2) is 7.77. The summed E-state index contributed by atoms with van der Waals surface area (Å²) < 4.78 is 56.1. The van der Waals surface area contributed by atoms with Gasteiger partial charge in [-0.2, -0.15) is 9.40 Å². The van der Waals surface area contributed by atoms with Crippen LogP contribution < -0.4 is 4.90 Å². The maximum Gasteiger partial charge on any atom is 0.246 e. The minimum Gasteiger partial charge on any atom is -0.366 e. The Bertz CT molecular complexity index is 1170. The smallest absolute Gasteiger partial charge is 0.246 e. The van der Waals surface area contributed by atoms with E-state index >= 15 is 0 Å². The van der Waals surface area contributed by atoms with Crippen LogP contribution in [0.3, 0.4) is 0 Å². The van der Waals surface area contributed by atoms with E-state index < -0.39 is 26.6 Å². The summed E-state index contributed by atoms with van der Waals surface area (Å²) >= 11 is 0. The van der Waals surface area contributed by atoms with Gasteiger partial charge in [-0.05, 0) is 44.2 Å². The number of hydrogen-bond donors (Lipinski definition) is 0. The Kier molecular flexibility index (Phi) is 5.29. The molecule has 0 aliphatic carbocycles. The Morgan fingerprint density at radius 2 is 1.73 bits per heavy atom. The first-order valence-corrected chi connectivity index (χ1v) is 10.9. The van der Waals surface area contributed by atoms with Crippen LogP contribution in [0.2, 0.25) is 0 Å². The number of anilines is 1. The van der Waals surface area contributed by atoms with E-state index in [1.165, 1.54) is 4.31 Å². The molecule has 0 bridgehead atoms. The van der Waals surface area contributed by atoms with Crippen LogP contribution >= 0.6 is 0 Å². The summed E-state index contributed by atoms with van der Waals surface area (Å²) in [5.74, 6) is -1.05. The number of halogens is 2. The van der Waals surface area contributed by atoms with Crippen molar-refractivity contribution < 1.29 is 17.2 Å². The number of pyridine rings is 1. The molecule has 1 aliphatic rings. The van der Waals surface area contributed by atoms with Crippen LogP contribution in [0.15, 0.2) is 47.5 Å². The van der Waals surface area contributed by atoms with Crippen molar-refractivity contribution in [2.75, 3.05) is 31.1 Å². The fraction of sp³-hybridized carbons (Fsp3) is 0.300. The van der Waals surface area contributed by atoms with E-state index in [0.717, 1.165) is 35.3 Å². The second-order valence-corrected chi connectivity index (χ2v) is 8.99. The zero-order valence-electron chi connectivity index (χ0n) is 16.6. The Balaban J connectivity index is 1.56. The molecule has 1 fully saturated rings. The Morgan fingerprint density at radius 1 is 1.00 bits per heavy atom. The highest BCUT2D eigenvalue weighted by atomic mass is 32.2. The average molecular weight is 433 g/mol. The molecule has 0 amide bonds. The average Bonchev–Trinajstić information content (AvgIpc) is 3.04. The minimum atomic E-state index is -4.12. The lowest BCUT2D eigenvalue weighted by Crippen LogP contribution is -2.49. The standard InChI is InChI=1S/C20H21F2N5O2S/c1-14-20(15(2)27(24-14)19-5-3-4-8-23-19)25-9-11-26(12-10-25)30(28,29)18-13-16(21)6-7-17(18)22/h3-8,13H,9-12H2,1-2H3. The number of piperazine rings is 1. The van der Waals surface area contributed by atoms with Crippen molar-refractivity contribution in [1.82, 2.24) is 19.1 Å². The molecule has 1 aromatic carbocycles. The van der Waals surface area contributed by atoms with E-state index in [0.29, 0.717) is 18.9 Å². The van der Waals surface area contributed by atoms with Crippen LogP contribution in [0, 0.1) is 25.5 Å². The normalized spacial score (nSPS) is 15.5. The van der Waals surface area contributed by atoms with Gasteiger partial charge in [-0.15, -0.1) is 0 Å². The van der Waals surface area contributed by atoms with Crippen LogP contribution in [0.1, 0.15) is 11.4 Å². The van der Waals surface area contributed by atoms with Crippen molar-refractivity contribution in [3.05, 3.63) is 65.6 Å². The Labute approximate surface area is 173 Å². The topological polar surface area (TPSA) is 71.3 Å². The maximum absolute atomic E-state index is 14.0. The summed E-state index contributed by atoms with van der Waals surface area (Å²) in [5.41, 5.74) is 2.64. The van der Waals surface area contributed by atoms with Crippen LogP contribution in [0.4, 0.5) is 14.5 Å². The van der Waals surface area contributed by atoms with Crippen LogP contribution in [0.25, 0.3) is 5.82 Å². The Hall–Kier alpha value is -2.85. The van der Waals surface area contributed by atoms with Gasteiger partial charge in [0, 0.05) is 32.4 Å². The lowest BCUT2D eigenvalue weighted by Gasteiger charge is -2.35. The summed E-state index contributed by atoms with van der Waals surface area (Å²) in [4.78, 5) is 5.76. The molecule has 1 aliphatic heterocycles. The molecular formula is C20H21F2N5O2S. The van der Waals surface area contributed by atoms with Gasteiger partial charge in [-0.25, -0.2) is 26.9 Å². The molecule has 3 heterocycles. The predicted octanol–water partition coefficient (Wildman–Crippen LogP) is 2.67. The van der Waals surface area contributed by atoms with Crippen molar-refractivity contribution in [3.63, 3.8) is 0 Å². The van der Waals surface area contributed by atoms with Gasteiger partial charge in [0.25, 0.3) is 0 Å². The van der Waals surface area contributed by atoms with Gasteiger partial charge in [0.1, 0.15) is 16.5 Å². The van der Waals surface area contributed by atoms with E-state index in [9.17, 15) is 17.2 Å². The first-order chi connectivity index (χ1) is 14.3. The van der Waals surface area contributed by atoms with E-state index in [-0.39, 0.29) is 13.1 Å². The third-order valence-corrected chi connectivity index (χ3v) is 7.10. The molecule has 0 saturated carbocycles. The first kappa shape index (κ1) is 20.4. The molecule has 158 valence electrons. The highest BCUT2D eigenvalue weighted by molar-refractivity contribution is 7.89. The number of hydrogen-bond acceptors (Lipinski definition) is 5. The quantitative estimate of drug-likeness (QED) is 0.633. The van der Waals surface area contributed by atoms with E-state index in [2.05, 4.69) is 15.0 Å². The zero-order chi connectivity index (χ0) is 21.5. The van der Waals surface area contributed by atoms with Crippen molar-refractivity contribution in [3.8, 4) is 5.82 Å².